The SMILES string of the molecule is CCN1CCN(c2nc3c(C)cccn3c(=O)c2C=C(C#N)C(=O)NCCc2ccccc2)CC1. The van der Waals surface area contributed by atoms with E-state index in [-0.39, 0.29) is 16.7 Å². The molecule has 0 radical (unpaired) electrons. The van der Waals surface area contributed by atoms with Crippen molar-refractivity contribution in [3.63, 3.8) is 0 Å². The predicted molar refractivity (Wildman–Crippen MR) is 137 cm³/mol. The van der Waals surface area contributed by atoms with Crippen molar-refractivity contribution in [2.24, 2.45) is 0 Å². The maximum absolute atomic E-state index is 13.5. The zero-order valence-electron chi connectivity index (χ0n) is 20.2. The van der Waals surface area contributed by atoms with Crippen LogP contribution in [0.25, 0.3) is 11.7 Å². The lowest BCUT2D eigenvalue weighted by molar-refractivity contribution is -0.117. The number of hydrogen-bond donors (Lipinski definition) is 1. The molecular formula is C27H30N6O2. The van der Waals surface area contributed by atoms with Crippen LogP contribution in [0.3, 0.4) is 0 Å². The topological polar surface area (TPSA) is 93.7 Å². The van der Waals surface area contributed by atoms with Crippen molar-refractivity contribution >= 4 is 23.4 Å². The lowest BCUT2D eigenvalue weighted by atomic mass is 10.1. The van der Waals surface area contributed by atoms with Gasteiger partial charge >= 0.3 is 0 Å². The first-order valence-corrected chi connectivity index (χ1v) is 11.9. The molecule has 1 fully saturated rings. The van der Waals surface area contributed by atoms with E-state index in [2.05, 4.69) is 22.0 Å². The number of nitrogens with zero attached hydrogens (tertiary/aromatic N) is 5. The molecule has 1 saturated heterocycles. The number of amides is 1. The van der Waals surface area contributed by atoms with Crippen molar-refractivity contribution in [1.29, 1.82) is 5.26 Å². The van der Waals surface area contributed by atoms with E-state index in [4.69, 9.17) is 4.98 Å². The Bertz CT molecular complexity index is 1330. The van der Waals surface area contributed by atoms with Crippen LogP contribution >= 0.6 is 0 Å². The summed E-state index contributed by atoms with van der Waals surface area (Å²) in [4.78, 5) is 35.6. The third-order valence-electron chi connectivity index (χ3n) is 6.38. The Hall–Kier alpha value is -3.96. The number of nitrogens with one attached hydrogen (secondary N) is 1. The van der Waals surface area contributed by atoms with Crippen LogP contribution in [0.5, 0.6) is 0 Å². The first-order valence-electron chi connectivity index (χ1n) is 11.9. The average molecular weight is 471 g/mol. The van der Waals surface area contributed by atoms with E-state index in [0.717, 1.165) is 30.8 Å². The fourth-order valence-corrected chi connectivity index (χ4v) is 4.30. The molecule has 0 bridgehead atoms. The van der Waals surface area contributed by atoms with Crippen LogP contribution in [0.15, 0.2) is 59.0 Å². The van der Waals surface area contributed by atoms with Crippen LogP contribution in [0.4, 0.5) is 5.82 Å². The molecule has 3 heterocycles. The predicted octanol–water partition coefficient (Wildman–Crippen LogP) is 2.41. The van der Waals surface area contributed by atoms with E-state index in [0.29, 0.717) is 37.5 Å². The number of nitriles is 1. The van der Waals surface area contributed by atoms with Gasteiger partial charge in [0.1, 0.15) is 23.1 Å². The summed E-state index contributed by atoms with van der Waals surface area (Å²) < 4.78 is 1.48. The van der Waals surface area contributed by atoms with Crippen molar-refractivity contribution in [1.82, 2.24) is 19.6 Å². The van der Waals surface area contributed by atoms with Crippen molar-refractivity contribution in [3.8, 4) is 6.07 Å². The first-order chi connectivity index (χ1) is 17.0. The number of anilines is 1. The largest absolute Gasteiger partial charge is 0.353 e. The van der Waals surface area contributed by atoms with E-state index in [9.17, 15) is 14.9 Å². The van der Waals surface area contributed by atoms with Gasteiger partial charge < -0.3 is 15.1 Å². The molecule has 4 rings (SSSR count). The van der Waals surface area contributed by atoms with Crippen LogP contribution in [0, 0.1) is 18.3 Å². The summed E-state index contributed by atoms with van der Waals surface area (Å²) in [7, 11) is 0. The van der Waals surface area contributed by atoms with Gasteiger partial charge in [-0.05, 0) is 43.2 Å². The average Bonchev–Trinajstić information content (AvgIpc) is 2.89. The highest BCUT2D eigenvalue weighted by atomic mass is 16.1. The van der Waals surface area contributed by atoms with Crippen LogP contribution in [0.1, 0.15) is 23.6 Å². The molecule has 1 aliphatic rings. The molecule has 1 aliphatic heterocycles. The summed E-state index contributed by atoms with van der Waals surface area (Å²) in [5.41, 5.74) is 2.40. The number of likely N-dealkylation sites (N-methyl/N-ethyl adjacent to an activating group) is 1. The van der Waals surface area contributed by atoms with Crippen molar-refractivity contribution in [2.75, 3.05) is 44.2 Å². The molecule has 180 valence electrons. The van der Waals surface area contributed by atoms with Gasteiger partial charge in [0.25, 0.3) is 11.5 Å². The number of fused-ring (bicyclic) bond motifs is 1. The molecule has 8 heteroatoms. The van der Waals surface area contributed by atoms with Gasteiger partial charge in [0.2, 0.25) is 0 Å². The Morgan fingerprint density at radius 2 is 1.89 bits per heavy atom. The number of piperazine rings is 1. The van der Waals surface area contributed by atoms with Gasteiger partial charge in [-0.25, -0.2) is 4.98 Å². The molecule has 1 N–H and O–H groups in total. The number of aryl methyl sites for hydroxylation is 1. The molecule has 8 nitrogen and oxygen atoms in total. The lowest BCUT2D eigenvalue weighted by Gasteiger charge is -2.35. The molecule has 0 spiro atoms. The summed E-state index contributed by atoms with van der Waals surface area (Å²) in [5.74, 6) is 0.0174. The van der Waals surface area contributed by atoms with Gasteiger partial charge in [-0.1, -0.05) is 43.3 Å². The van der Waals surface area contributed by atoms with Crippen molar-refractivity contribution < 1.29 is 4.79 Å². The molecule has 1 amide bonds. The van der Waals surface area contributed by atoms with Crippen molar-refractivity contribution in [3.05, 3.63) is 81.3 Å². The Kier molecular flexibility index (Phi) is 7.58. The third-order valence-corrected chi connectivity index (χ3v) is 6.38. The van der Waals surface area contributed by atoms with E-state index in [1.165, 1.54) is 10.5 Å². The third kappa shape index (κ3) is 5.42. The first kappa shape index (κ1) is 24.2. The number of rotatable bonds is 7. The number of pyridine rings is 1. The summed E-state index contributed by atoms with van der Waals surface area (Å²) in [5, 5.41) is 12.6. The Balaban J connectivity index is 1.67. The monoisotopic (exact) mass is 470 g/mol. The molecule has 1 aromatic carbocycles. The minimum absolute atomic E-state index is 0.113. The maximum Gasteiger partial charge on any atom is 0.267 e. The highest BCUT2D eigenvalue weighted by molar-refractivity contribution is 6.02. The molecule has 3 aromatic rings. The second-order valence-electron chi connectivity index (χ2n) is 8.62. The zero-order chi connectivity index (χ0) is 24.8. The molecule has 2 aromatic heterocycles. The van der Waals surface area contributed by atoms with Crippen LogP contribution in [-0.2, 0) is 11.2 Å². The second kappa shape index (κ2) is 11.0. The smallest absolute Gasteiger partial charge is 0.267 e. The summed E-state index contributed by atoms with van der Waals surface area (Å²) in [6, 6.07) is 15.5. The zero-order valence-corrected chi connectivity index (χ0v) is 20.2. The van der Waals surface area contributed by atoms with Gasteiger partial charge in [0, 0.05) is 38.9 Å². The number of carbonyl (C=O) groups excluding carboxylic acids is 1. The van der Waals surface area contributed by atoms with Gasteiger partial charge in [0.05, 0.1) is 5.56 Å². The quantitative estimate of drug-likeness (QED) is 0.421. The number of carbonyl (C=O) groups is 1. The minimum Gasteiger partial charge on any atom is -0.353 e. The maximum atomic E-state index is 13.5. The van der Waals surface area contributed by atoms with E-state index in [1.807, 2.05) is 49.4 Å². The summed E-state index contributed by atoms with van der Waals surface area (Å²) >= 11 is 0. The molecule has 0 unspecified atom stereocenters. The van der Waals surface area contributed by atoms with Crippen LogP contribution in [0.2, 0.25) is 0 Å². The normalized spacial score (nSPS) is 14.7. The number of benzene rings is 1. The fraction of sp³-hybridized carbons (Fsp3) is 0.333. The molecule has 0 aliphatic carbocycles. The highest BCUT2D eigenvalue weighted by Crippen LogP contribution is 2.22. The Morgan fingerprint density at radius 3 is 2.57 bits per heavy atom. The fourth-order valence-electron chi connectivity index (χ4n) is 4.30. The van der Waals surface area contributed by atoms with Gasteiger partial charge in [-0.15, -0.1) is 0 Å². The van der Waals surface area contributed by atoms with Crippen LogP contribution in [-0.4, -0.2) is 59.5 Å². The number of aromatic nitrogens is 2. The standard InChI is InChI=1S/C27H30N6O2/c1-3-31-14-16-32(17-15-31)25-23(27(35)33-13-7-8-20(2)24(33)30-25)18-22(19-28)26(34)29-12-11-21-9-5-4-6-10-21/h4-10,13,18H,3,11-12,14-17H2,1-2H3,(H,29,34). The summed E-state index contributed by atoms with van der Waals surface area (Å²) in [6.45, 7) is 8.55. The molecule has 0 saturated carbocycles. The number of hydrogen-bond acceptors (Lipinski definition) is 6. The molecule has 0 atom stereocenters. The van der Waals surface area contributed by atoms with Gasteiger partial charge in [-0.2, -0.15) is 5.26 Å². The highest BCUT2D eigenvalue weighted by Gasteiger charge is 2.23. The minimum atomic E-state index is -0.501. The molecular weight excluding hydrogens is 440 g/mol. The van der Waals surface area contributed by atoms with Gasteiger partial charge in [0.15, 0.2) is 0 Å². The van der Waals surface area contributed by atoms with E-state index >= 15 is 0 Å². The lowest BCUT2D eigenvalue weighted by Crippen LogP contribution is -2.47. The Labute approximate surface area is 205 Å². The second-order valence-corrected chi connectivity index (χ2v) is 8.62. The van der Waals surface area contributed by atoms with Crippen LogP contribution < -0.4 is 15.8 Å². The van der Waals surface area contributed by atoms with E-state index in [1.54, 1.807) is 12.3 Å². The van der Waals surface area contributed by atoms with E-state index < -0.39 is 5.91 Å². The van der Waals surface area contributed by atoms with Crippen molar-refractivity contribution in [2.45, 2.75) is 20.3 Å². The Morgan fingerprint density at radius 1 is 1.14 bits per heavy atom. The van der Waals surface area contributed by atoms with Gasteiger partial charge in [-0.3, -0.25) is 14.0 Å². The summed E-state index contributed by atoms with van der Waals surface area (Å²) in [6.07, 6.45) is 3.71. The molecule has 35 heavy (non-hydrogen) atoms.